The predicted octanol–water partition coefficient (Wildman–Crippen LogP) is -0.346. The lowest BCUT2D eigenvalue weighted by Crippen LogP contribution is -2.11. The maximum absolute atomic E-state index is 10.8. The van der Waals surface area contributed by atoms with Crippen LogP contribution >= 0.6 is 7.60 Å². The van der Waals surface area contributed by atoms with Gasteiger partial charge >= 0.3 is 7.60 Å². The fraction of sp³-hybridized carbons (Fsp3) is 0. The van der Waals surface area contributed by atoms with Crippen molar-refractivity contribution >= 4 is 24.3 Å². The van der Waals surface area contributed by atoms with Crippen molar-refractivity contribution < 1.29 is 14.4 Å². The van der Waals surface area contributed by atoms with Gasteiger partial charge in [0.2, 0.25) is 0 Å². The second-order valence-corrected chi connectivity index (χ2v) is 3.93. The minimum Gasteiger partial charge on any atom is -0.399 e. The number of nitrogens with two attached hydrogens (primary N) is 2. The molecule has 0 unspecified atom stereocenters. The van der Waals surface area contributed by atoms with Crippen LogP contribution < -0.4 is 16.8 Å². The molecular formula is C6H9N2O3P. The molecule has 0 saturated carbocycles. The van der Waals surface area contributed by atoms with Gasteiger partial charge in [-0.25, -0.2) is 0 Å². The number of hydrogen-bond donors (Lipinski definition) is 4. The number of hydrogen-bond acceptors (Lipinski definition) is 3. The molecule has 1 rings (SSSR count). The number of rotatable bonds is 1. The van der Waals surface area contributed by atoms with Gasteiger partial charge in [-0.1, -0.05) is 0 Å². The van der Waals surface area contributed by atoms with Crippen molar-refractivity contribution in [2.24, 2.45) is 0 Å². The van der Waals surface area contributed by atoms with Crippen molar-refractivity contribution in [3.8, 4) is 0 Å². The average molecular weight is 188 g/mol. The minimum absolute atomic E-state index is 0.0533. The highest BCUT2D eigenvalue weighted by Crippen LogP contribution is 2.36. The maximum atomic E-state index is 10.8. The van der Waals surface area contributed by atoms with E-state index >= 15 is 0 Å². The van der Waals surface area contributed by atoms with Crippen LogP contribution in [0.2, 0.25) is 0 Å². The van der Waals surface area contributed by atoms with Gasteiger partial charge in [-0.3, -0.25) is 4.57 Å². The Morgan fingerprint density at radius 2 is 1.83 bits per heavy atom. The van der Waals surface area contributed by atoms with E-state index in [9.17, 15) is 4.57 Å². The monoisotopic (exact) mass is 188 g/mol. The molecule has 0 spiro atoms. The third-order valence-corrected chi connectivity index (χ3v) is 2.38. The highest BCUT2D eigenvalue weighted by molar-refractivity contribution is 7.60. The highest BCUT2D eigenvalue weighted by Gasteiger charge is 2.20. The molecule has 0 aromatic heterocycles. The van der Waals surface area contributed by atoms with Gasteiger partial charge in [0.1, 0.15) is 0 Å². The van der Waals surface area contributed by atoms with Crippen molar-refractivity contribution in [3.63, 3.8) is 0 Å². The molecule has 0 aliphatic rings. The van der Waals surface area contributed by atoms with Gasteiger partial charge in [-0.15, -0.1) is 0 Å². The number of benzene rings is 1. The first-order chi connectivity index (χ1) is 5.41. The Balaban J connectivity index is 3.33. The van der Waals surface area contributed by atoms with Crippen LogP contribution in [0.1, 0.15) is 0 Å². The molecule has 6 N–H and O–H groups in total. The molecule has 66 valence electrons. The molecule has 0 amide bonds. The quantitative estimate of drug-likeness (QED) is 0.356. The zero-order valence-electron chi connectivity index (χ0n) is 6.14. The van der Waals surface area contributed by atoms with Gasteiger partial charge in [-0.2, -0.15) is 0 Å². The summed E-state index contributed by atoms with van der Waals surface area (Å²) in [6, 6.07) is 4.02. The lowest BCUT2D eigenvalue weighted by molar-refractivity contribution is 0.387. The Labute approximate surface area is 69.2 Å². The normalized spacial score (nSPS) is 11.5. The molecule has 1 aromatic carbocycles. The summed E-state index contributed by atoms with van der Waals surface area (Å²) in [7, 11) is -4.29. The molecule has 0 atom stereocenters. The summed E-state index contributed by atoms with van der Waals surface area (Å²) in [6.07, 6.45) is 0. The number of anilines is 2. The zero-order chi connectivity index (χ0) is 9.35. The van der Waals surface area contributed by atoms with E-state index in [4.69, 9.17) is 21.3 Å². The summed E-state index contributed by atoms with van der Waals surface area (Å²) in [4.78, 5) is 17.5. The first kappa shape index (κ1) is 9.06. The van der Waals surface area contributed by atoms with Crippen LogP contribution in [0.5, 0.6) is 0 Å². The van der Waals surface area contributed by atoms with E-state index < -0.39 is 7.60 Å². The second-order valence-electron chi connectivity index (χ2n) is 2.36. The standard InChI is InChI=1S/C6H9N2O3P/c7-4-1-2-5(8)6(3-4)12(9,10)11/h1-3H,7-8H2,(H2,9,10,11). The first-order valence-electron chi connectivity index (χ1n) is 3.12. The van der Waals surface area contributed by atoms with E-state index in [1.54, 1.807) is 0 Å². The van der Waals surface area contributed by atoms with Gasteiger partial charge in [0.15, 0.2) is 0 Å². The largest absolute Gasteiger partial charge is 0.399 e. The molecule has 6 heteroatoms. The van der Waals surface area contributed by atoms with Crippen molar-refractivity contribution in [2.75, 3.05) is 11.5 Å². The van der Waals surface area contributed by atoms with Crippen LogP contribution in [-0.2, 0) is 4.57 Å². The molecule has 0 radical (unpaired) electrons. The van der Waals surface area contributed by atoms with Gasteiger partial charge < -0.3 is 21.3 Å². The Bertz CT molecular complexity index is 347. The Kier molecular flexibility index (Phi) is 2.10. The van der Waals surface area contributed by atoms with Crippen molar-refractivity contribution in [1.29, 1.82) is 0 Å². The average Bonchev–Trinajstić information content (AvgIpc) is 1.92. The van der Waals surface area contributed by atoms with Crippen LogP contribution in [0.3, 0.4) is 0 Å². The van der Waals surface area contributed by atoms with E-state index in [1.165, 1.54) is 18.2 Å². The van der Waals surface area contributed by atoms with Crippen LogP contribution in [-0.4, -0.2) is 9.79 Å². The van der Waals surface area contributed by atoms with Gasteiger partial charge in [0.25, 0.3) is 0 Å². The van der Waals surface area contributed by atoms with Gasteiger partial charge in [0, 0.05) is 11.4 Å². The summed E-state index contributed by atoms with van der Waals surface area (Å²) in [5.41, 5.74) is 11.0. The Morgan fingerprint density at radius 3 is 2.25 bits per heavy atom. The molecule has 0 saturated heterocycles. The fourth-order valence-electron chi connectivity index (χ4n) is 0.813. The lowest BCUT2D eigenvalue weighted by Gasteiger charge is -2.07. The smallest absolute Gasteiger partial charge is 0.358 e. The summed E-state index contributed by atoms with van der Waals surface area (Å²) < 4.78 is 10.8. The second kappa shape index (κ2) is 2.79. The minimum atomic E-state index is -4.29. The van der Waals surface area contributed by atoms with Gasteiger partial charge in [0.05, 0.1) is 5.30 Å². The molecule has 12 heavy (non-hydrogen) atoms. The van der Waals surface area contributed by atoms with Crippen molar-refractivity contribution in [1.82, 2.24) is 0 Å². The summed E-state index contributed by atoms with van der Waals surface area (Å²) >= 11 is 0. The molecule has 1 aromatic rings. The fourth-order valence-corrected chi connectivity index (χ4v) is 1.54. The SMILES string of the molecule is Nc1ccc(N)c(P(=O)(O)O)c1. The van der Waals surface area contributed by atoms with Crippen LogP contribution in [0.15, 0.2) is 18.2 Å². The molecule has 0 heterocycles. The Morgan fingerprint density at radius 1 is 1.25 bits per heavy atom. The van der Waals surface area contributed by atoms with E-state index in [2.05, 4.69) is 0 Å². The van der Waals surface area contributed by atoms with Crippen molar-refractivity contribution in [3.05, 3.63) is 18.2 Å². The Hall–Kier alpha value is -1.03. The third-order valence-electron chi connectivity index (χ3n) is 1.37. The highest BCUT2D eigenvalue weighted by atomic mass is 31.2. The molecular weight excluding hydrogens is 179 g/mol. The molecule has 5 nitrogen and oxygen atoms in total. The summed E-state index contributed by atoms with van der Waals surface area (Å²) in [5, 5.41) is -0.220. The topological polar surface area (TPSA) is 110 Å². The van der Waals surface area contributed by atoms with E-state index in [0.717, 1.165) is 0 Å². The first-order valence-corrected chi connectivity index (χ1v) is 4.73. The van der Waals surface area contributed by atoms with Gasteiger partial charge in [-0.05, 0) is 18.2 Å². The molecule has 0 bridgehead atoms. The van der Waals surface area contributed by atoms with E-state index in [0.29, 0.717) is 0 Å². The number of nitrogen functional groups attached to an aromatic ring is 2. The predicted molar refractivity (Wildman–Crippen MR) is 46.9 cm³/mol. The van der Waals surface area contributed by atoms with Crippen LogP contribution in [0.4, 0.5) is 11.4 Å². The van der Waals surface area contributed by atoms with Crippen LogP contribution in [0, 0.1) is 0 Å². The maximum Gasteiger partial charge on any atom is 0.358 e. The summed E-state index contributed by atoms with van der Waals surface area (Å²) in [5.74, 6) is 0. The lowest BCUT2D eigenvalue weighted by atomic mass is 10.3. The summed E-state index contributed by atoms with van der Waals surface area (Å²) in [6.45, 7) is 0. The molecule has 0 aliphatic carbocycles. The van der Waals surface area contributed by atoms with E-state index in [1.807, 2.05) is 0 Å². The van der Waals surface area contributed by atoms with Crippen LogP contribution in [0.25, 0.3) is 0 Å². The molecule has 0 aliphatic heterocycles. The third kappa shape index (κ3) is 1.76. The molecule has 0 fully saturated rings. The van der Waals surface area contributed by atoms with Crippen molar-refractivity contribution in [2.45, 2.75) is 0 Å². The van der Waals surface area contributed by atoms with E-state index in [-0.39, 0.29) is 16.7 Å². The zero-order valence-corrected chi connectivity index (χ0v) is 7.03.